The molecule has 1 saturated carbocycles. The Bertz CT molecular complexity index is 721. The van der Waals surface area contributed by atoms with E-state index in [1.807, 2.05) is 24.3 Å². The summed E-state index contributed by atoms with van der Waals surface area (Å²) in [6.07, 6.45) is 4.71. The molecule has 0 aliphatic heterocycles. The number of anilines is 1. The third-order valence-electron chi connectivity index (χ3n) is 3.50. The van der Waals surface area contributed by atoms with E-state index in [0.717, 1.165) is 11.9 Å². The SMILES string of the molecule is O=S(=O)(CCCNC1CC1)Nc1cccc2cccnc12. The number of hydrogen-bond donors (Lipinski definition) is 2. The number of para-hydroxylation sites is 1. The van der Waals surface area contributed by atoms with E-state index in [-0.39, 0.29) is 5.75 Å². The summed E-state index contributed by atoms with van der Waals surface area (Å²) in [5, 5.41) is 4.24. The van der Waals surface area contributed by atoms with Crippen molar-refractivity contribution < 1.29 is 8.42 Å². The van der Waals surface area contributed by atoms with E-state index in [2.05, 4.69) is 15.0 Å². The van der Waals surface area contributed by atoms with Crippen LogP contribution in [-0.4, -0.2) is 31.7 Å². The molecule has 1 aliphatic rings. The molecule has 0 amide bonds. The molecule has 1 aromatic carbocycles. The molecule has 112 valence electrons. The molecule has 2 N–H and O–H groups in total. The molecular weight excluding hydrogens is 286 g/mol. The lowest BCUT2D eigenvalue weighted by Crippen LogP contribution is -2.23. The first-order valence-corrected chi connectivity index (χ1v) is 8.87. The van der Waals surface area contributed by atoms with Gasteiger partial charge in [-0.05, 0) is 37.9 Å². The molecule has 21 heavy (non-hydrogen) atoms. The molecule has 0 bridgehead atoms. The van der Waals surface area contributed by atoms with Crippen LogP contribution in [-0.2, 0) is 10.0 Å². The first-order chi connectivity index (χ1) is 10.1. The first-order valence-electron chi connectivity index (χ1n) is 7.22. The number of rotatable bonds is 7. The molecule has 0 spiro atoms. The van der Waals surface area contributed by atoms with E-state index in [9.17, 15) is 8.42 Å². The highest BCUT2D eigenvalue weighted by molar-refractivity contribution is 7.92. The maximum Gasteiger partial charge on any atom is 0.232 e. The zero-order valence-electron chi connectivity index (χ0n) is 11.7. The van der Waals surface area contributed by atoms with Gasteiger partial charge in [-0.15, -0.1) is 0 Å². The van der Waals surface area contributed by atoms with Crippen molar-refractivity contribution >= 4 is 26.6 Å². The highest BCUT2D eigenvalue weighted by atomic mass is 32.2. The van der Waals surface area contributed by atoms with Gasteiger partial charge in [0.2, 0.25) is 10.0 Å². The molecule has 6 heteroatoms. The number of hydrogen-bond acceptors (Lipinski definition) is 4. The first kappa shape index (κ1) is 14.3. The number of aromatic nitrogens is 1. The van der Waals surface area contributed by atoms with Crippen LogP contribution in [0.3, 0.4) is 0 Å². The summed E-state index contributed by atoms with van der Waals surface area (Å²) in [6.45, 7) is 0.749. The second kappa shape index (κ2) is 5.99. The van der Waals surface area contributed by atoms with Crippen LogP contribution < -0.4 is 10.0 Å². The van der Waals surface area contributed by atoms with E-state index in [1.165, 1.54) is 12.8 Å². The van der Waals surface area contributed by atoms with E-state index >= 15 is 0 Å². The lowest BCUT2D eigenvalue weighted by Gasteiger charge is -2.10. The van der Waals surface area contributed by atoms with Crippen molar-refractivity contribution in [3.05, 3.63) is 36.5 Å². The summed E-state index contributed by atoms with van der Waals surface area (Å²) < 4.78 is 26.9. The summed E-state index contributed by atoms with van der Waals surface area (Å²) in [4.78, 5) is 4.25. The van der Waals surface area contributed by atoms with Crippen molar-refractivity contribution in [2.24, 2.45) is 0 Å². The van der Waals surface area contributed by atoms with Gasteiger partial charge in [0.15, 0.2) is 0 Å². The second-order valence-corrected chi connectivity index (χ2v) is 7.23. The Balaban J connectivity index is 1.65. The van der Waals surface area contributed by atoms with E-state index in [1.54, 1.807) is 12.3 Å². The summed E-state index contributed by atoms with van der Waals surface area (Å²) in [5.41, 5.74) is 1.22. The van der Waals surface area contributed by atoms with Crippen LogP contribution in [0.2, 0.25) is 0 Å². The van der Waals surface area contributed by atoms with Gasteiger partial charge in [-0.3, -0.25) is 9.71 Å². The van der Waals surface area contributed by atoms with Crippen LogP contribution in [0, 0.1) is 0 Å². The monoisotopic (exact) mass is 305 g/mol. The molecule has 1 aromatic heterocycles. The Labute approximate surface area is 124 Å². The maximum atomic E-state index is 12.1. The number of nitrogens with zero attached hydrogens (tertiary/aromatic N) is 1. The number of fused-ring (bicyclic) bond motifs is 1. The van der Waals surface area contributed by atoms with Gasteiger partial charge in [-0.25, -0.2) is 8.42 Å². The number of nitrogens with one attached hydrogen (secondary N) is 2. The fourth-order valence-electron chi connectivity index (χ4n) is 2.26. The largest absolute Gasteiger partial charge is 0.314 e. The third-order valence-corrected chi connectivity index (χ3v) is 4.86. The van der Waals surface area contributed by atoms with Gasteiger partial charge in [0.1, 0.15) is 0 Å². The van der Waals surface area contributed by atoms with Gasteiger partial charge in [-0.2, -0.15) is 0 Å². The van der Waals surface area contributed by atoms with Crippen molar-refractivity contribution in [2.75, 3.05) is 17.0 Å². The average Bonchev–Trinajstić information content (AvgIpc) is 3.28. The van der Waals surface area contributed by atoms with Gasteiger partial charge < -0.3 is 5.32 Å². The standard InChI is InChI=1S/C15H19N3O2S/c19-21(20,11-3-10-16-13-7-8-13)18-14-6-1-4-12-5-2-9-17-15(12)14/h1-2,4-6,9,13,16,18H,3,7-8,10-11H2. The van der Waals surface area contributed by atoms with Crippen LogP contribution in [0.5, 0.6) is 0 Å². The maximum absolute atomic E-state index is 12.1. The van der Waals surface area contributed by atoms with Crippen molar-refractivity contribution in [2.45, 2.75) is 25.3 Å². The molecule has 0 saturated heterocycles. The van der Waals surface area contributed by atoms with Gasteiger partial charge in [0.05, 0.1) is 17.0 Å². The van der Waals surface area contributed by atoms with Crippen molar-refractivity contribution in [3.63, 3.8) is 0 Å². The minimum Gasteiger partial charge on any atom is -0.314 e. The fourth-order valence-corrected chi connectivity index (χ4v) is 3.39. The van der Waals surface area contributed by atoms with Crippen LogP contribution >= 0.6 is 0 Å². The van der Waals surface area contributed by atoms with Crippen LogP contribution in [0.1, 0.15) is 19.3 Å². The molecule has 2 aromatic rings. The van der Waals surface area contributed by atoms with Crippen molar-refractivity contribution in [3.8, 4) is 0 Å². The van der Waals surface area contributed by atoms with Gasteiger partial charge >= 0.3 is 0 Å². The zero-order chi connectivity index (χ0) is 14.7. The van der Waals surface area contributed by atoms with Gasteiger partial charge in [0, 0.05) is 17.6 Å². The molecule has 1 fully saturated rings. The Morgan fingerprint density at radius 3 is 2.81 bits per heavy atom. The third kappa shape index (κ3) is 3.92. The Kier molecular flexibility index (Phi) is 4.07. The van der Waals surface area contributed by atoms with E-state index in [0.29, 0.717) is 23.7 Å². The average molecular weight is 305 g/mol. The lowest BCUT2D eigenvalue weighted by molar-refractivity contribution is 0.593. The van der Waals surface area contributed by atoms with Crippen molar-refractivity contribution in [1.29, 1.82) is 0 Å². The number of benzene rings is 1. The lowest BCUT2D eigenvalue weighted by atomic mass is 10.2. The predicted octanol–water partition coefficient (Wildman–Crippen LogP) is 2.12. The summed E-state index contributed by atoms with van der Waals surface area (Å²) >= 11 is 0. The smallest absolute Gasteiger partial charge is 0.232 e. The fraction of sp³-hybridized carbons (Fsp3) is 0.400. The predicted molar refractivity (Wildman–Crippen MR) is 84.8 cm³/mol. The highest BCUT2D eigenvalue weighted by Gasteiger charge is 2.20. The molecule has 5 nitrogen and oxygen atoms in total. The summed E-state index contributed by atoms with van der Waals surface area (Å²) in [6, 6.07) is 9.86. The Morgan fingerprint density at radius 1 is 1.19 bits per heavy atom. The van der Waals surface area contributed by atoms with E-state index in [4.69, 9.17) is 0 Å². The summed E-state index contributed by atoms with van der Waals surface area (Å²) in [7, 11) is -3.33. The van der Waals surface area contributed by atoms with Gasteiger partial charge in [-0.1, -0.05) is 18.2 Å². The molecule has 0 radical (unpaired) electrons. The quantitative estimate of drug-likeness (QED) is 0.769. The van der Waals surface area contributed by atoms with Crippen molar-refractivity contribution in [1.82, 2.24) is 10.3 Å². The Morgan fingerprint density at radius 2 is 2.00 bits per heavy atom. The molecule has 1 aliphatic carbocycles. The molecule has 0 atom stereocenters. The normalized spacial score (nSPS) is 15.2. The zero-order valence-corrected chi connectivity index (χ0v) is 12.6. The molecule has 3 rings (SSSR count). The van der Waals surface area contributed by atoms with Crippen LogP contribution in [0.4, 0.5) is 5.69 Å². The van der Waals surface area contributed by atoms with Crippen LogP contribution in [0.15, 0.2) is 36.5 Å². The number of pyridine rings is 1. The minimum absolute atomic E-state index is 0.121. The van der Waals surface area contributed by atoms with Gasteiger partial charge in [0.25, 0.3) is 0 Å². The second-order valence-electron chi connectivity index (χ2n) is 5.38. The van der Waals surface area contributed by atoms with E-state index < -0.39 is 10.0 Å². The molecule has 0 unspecified atom stereocenters. The molecular formula is C15H19N3O2S. The summed E-state index contributed by atoms with van der Waals surface area (Å²) in [5.74, 6) is 0.121. The van der Waals surface area contributed by atoms with Crippen LogP contribution in [0.25, 0.3) is 10.9 Å². The Hall–Kier alpha value is -1.66. The highest BCUT2D eigenvalue weighted by Crippen LogP contribution is 2.22. The number of sulfonamides is 1. The topological polar surface area (TPSA) is 71.1 Å². The molecule has 1 heterocycles. The minimum atomic E-state index is -3.33.